The van der Waals surface area contributed by atoms with Crippen LogP contribution in [0, 0.1) is 0 Å². The zero-order chi connectivity index (χ0) is 27.7. The van der Waals surface area contributed by atoms with Crippen LogP contribution >= 0.6 is 23.2 Å². The Morgan fingerprint density at radius 1 is 1.05 bits per heavy atom. The Labute approximate surface area is 229 Å². The first kappa shape index (κ1) is 29.2. The Bertz CT molecular complexity index is 1150. The number of aliphatic carboxylic acids is 1. The fourth-order valence-corrected chi connectivity index (χ4v) is 4.36. The summed E-state index contributed by atoms with van der Waals surface area (Å²) in [5, 5.41) is 23.4. The number of carboxylic acid groups (broad SMARTS) is 1. The van der Waals surface area contributed by atoms with E-state index in [4.69, 9.17) is 27.9 Å². The summed E-state index contributed by atoms with van der Waals surface area (Å²) >= 11 is 12.0. The van der Waals surface area contributed by atoms with Crippen molar-refractivity contribution >= 4 is 52.6 Å². The van der Waals surface area contributed by atoms with Crippen LogP contribution in [0.1, 0.15) is 33.6 Å². The van der Waals surface area contributed by atoms with Gasteiger partial charge in [0.15, 0.2) is 0 Å². The van der Waals surface area contributed by atoms with Gasteiger partial charge in [-0.1, -0.05) is 35.3 Å². The van der Waals surface area contributed by atoms with E-state index in [1.807, 2.05) is 6.07 Å². The number of carbonyl (C=O) groups is 4. The molecule has 0 saturated carbocycles. The average Bonchev–Trinajstić information content (AvgIpc) is 2.90. The van der Waals surface area contributed by atoms with E-state index >= 15 is 0 Å². The molecule has 1 aliphatic heterocycles. The maximum atomic E-state index is 12.6. The van der Waals surface area contributed by atoms with Crippen LogP contribution in [0.15, 0.2) is 42.5 Å². The second-order valence-electron chi connectivity index (χ2n) is 8.57. The lowest BCUT2D eigenvalue weighted by molar-refractivity contribution is -0.139. The monoisotopic (exact) mass is 565 g/mol. The Balaban J connectivity index is 1.47. The van der Waals surface area contributed by atoms with Gasteiger partial charge in [-0.3, -0.25) is 19.7 Å². The fourth-order valence-electron chi connectivity index (χ4n) is 3.79. The maximum absolute atomic E-state index is 12.6. The molecule has 3 atom stereocenters. The van der Waals surface area contributed by atoms with Gasteiger partial charge in [-0.25, -0.2) is 4.79 Å². The predicted octanol–water partition coefficient (Wildman–Crippen LogP) is 1.86. The highest BCUT2D eigenvalue weighted by Crippen LogP contribution is 2.24. The highest BCUT2D eigenvalue weighted by Gasteiger charge is 2.24. The van der Waals surface area contributed by atoms with E-state index in [0.29, 0.717) is 5.56 Å². The summed E-state index contributed by atoms with van der Waals surface area (Å²) in [5.41, 5.74) is 1.02. The number of hydrogen-bond donors (Lipinski definition) is 6. The molecule has 0 radical (unpaired) electrons. The molecule has 11 nitrogen and oxygen atoms in total. The summed E-state index contributed by atoms with van der Waals surface area (Å²) in [6, 6.07) is 9.83. The molecule has 0 bridgehead atoms. The van der Waals surface area contributed by atoms with Crippen molar-refractivity contribution in [1.29, 1.82) is 0 Å². The molecule has 1 heterocycles. The molecule has 0 spiro atoms. The lowest BCUT2D eigenvalue weighted by Crippen LogP contribution is -2.50. The van der Waals surface area contributed by atoms with Crippen molar-refractivity contribution in [2.45, 2.75) is 31.2 Å². The highest BCUT2D eigenvalue weighted by atomic mass is 35.5. The molecule has 0 aromatic heterocycles. The molecule has 1 aliphatic rings. The van der Waals surface area contributed by atoms with E-state index in [-0.39, 0.29) is 27.9 Å². The summed E-state index contributed by atoms with van der Waals surface area (Å²) in [7, 11) is 1.68. The van der Waals surface area contributed by atoms with Crippen molar-refractivity contribution in [3.05, 3.63) is 63.6 Å². The van der Waals surface area contributed by atoms with Crippen LogP contribution in [0.2, 0.25) is 10.0 Å². The van der Waals surface area contributed by atoms with E-state index in [9.17, 15) is 24.3 Å². The minimum absolute atomic E-state index is 0.0436. The molecule has 3 amide bonds. The predicted molar refractivity (Wildman–Crippen MR) is 143 cm³/mol. The first-order valence-electron chi connectivity index (χ1n) is 11.8. The lowest BCUT2D eigenvalue weighted by atomic mass is 10.1. The molecule has 2 aromatic carbocycles. The zero-order valence-electron chi connectivity index (χ0n) is 20.6. The number of benzene rings is 2. The van der Waals surface area contributed by atoms with Crippen molar-refractivity contribution < 1.29 is 29.0 Å². The van der Waals surface area contributed by atoms with Crippen molar-refractivity contribution in [3.8, 4) is 0 Å². The Hall–Kier alpha value is -3.38. The van der Waals surface area contributed by atoms with Gasteiger partial charge in [-0.2, -0.15) is 0 Å². The van der Waals surface area contributed by atoms with Gasteiger partial charge in [-0.05, 0) is 43.2 Å². The number of carboxylic acids is 1. The van der Waals surface area contributed by atoms with Crippen LogP contribution in [-0.4, -0.2) is 73.9 Å². The largest absolute Gasteiger partial charge is 0.480 e. The van der Waals surface area contributed by atoms with Crippen LogP contribution in [-0.2, 0) is 14.3 Å². The Morgan fingerprint density at radius 2 is 1.76 bits per heavy atom. The van der Waals surface area contributed by atoms with Crippen LogP contribution in [0.3, 0.4) is 0 Å². The fraction of sp³-hybridized carbons (Fsp3) is 0.360. The minimum Gasteiger partial charge on any atom is -0.480 e. The summed E-state index contributed by atoms with van der Waals surface area (Å²) in [4.78, 5) is 48.9. The van der Waals surface area contributed by atoms with E-state index in [1.165, 1.54) is 12.1 Å². The number of amides is 3. The highest BCUT2D eigenvalue weighted by molar-refractivity contribution is 6.39. The number of rotatable bonds is 11. The van der Waals surface area contributed by atoms with Crippen LogP contribution < -0.4 is 26.6 Å². The number of hydrogen-bond acceptors (Lipinski definition) is 7. The summed E-state index contributed by atoms with van der Waals surface area (Å²) in [5.74, 6) is -3.29. The summed E-state index contributed by atoms with van der Waals surface area (Å²) in [6.45, 7) is -0.0884. The molecular weight excluding hydrogens is 537 g/mol. The Kier molecular flexibility index (Phi) is 10.7. The van der Waals surface area contributed by atoms with Gasteiger partial charge in [0.2, 0.25) is 5.91 Å². The van der Waals surface area contributed by atoms with E-state index in [1.54, 1.807) is 31.4 Å². The molecule has 0 aliphatic carbocycles. The Morgan fingerprint density at radius 3 is 2.39 bits per heavy atom. The third-order valence-electron chi connectivity index (χ3n) is 5.87. The van der Waals surface area contributed by atoms with Gasteiger partial charge in [-0.15, -0.1) is 0 Å². The topological polar surface area (TPSA) is 158 Å². The molecule has 6 N–H and O–H groups in total. The van der Waals surface area contributed by atoms with E-state index in [0.717, 1.165) is 25.1 Å². The van der Waals surface area contributed by atoms with Crippen LogP contribution in [0.4, 0.5) is 5.69 Å². The number of anilines is 1. The molecule has 13 heteroatoms. The number of piperidine rings is 1. The second kappa shape index (κ2) is 14.0. The second-order valence-corrected chi connectivity index (χ2v) is 9.38. The number of methoxy groups -OCH3 is 1. The average molecular weight is 566 g/mol. The lowest BCUT2D eigenvalue weighted by Gasteiger charge is -2.30. The molecular formula is C25H29Cl2N5O6. The third kappa shape index (κ3) is 8.32. The third-order valence-corrected chi connectivity index (χ3v) is 6.50. The zero-order valence-corrected chi connectivity index (χ0v) is 22.1. The van der Waals surface area contributed by atoms with Crippen molar-refractivity contribution in [2.24, 2.45) is 0 Å². The summed E-state index contributed by atoms with van der Waals surface area (Å²) in [6.07, 6.45) is 2.00. The van der Waals surface area contributed by atoms with Crippen LogP contribution in [0.5, 0.6) is 0 Å². The van der Waals surface area contributed by atoms with Gasteiger partial charge in [0.1, 0.15) is 6.04 Å². The van der Waals surface area contributed by atoms with Crippen molar-refractivity contribution in [2.75, 3.05) is 32.1 Å². The van der Waals surface area contributed by atoms with Gasteiger partial charge >= 0.3 is 5.97 Å². The SMILES string of the molecule is COC1CCC(Nc2cccc(C(=O)NCC(=O)NC[C@H](NC(=O)c3c(Cl)cccc3Cl)C(=O)O)c2)NC1. The van der Waals surface area contributed by atoms with Crippen molar-refractivity contribution in [1.82, 2.24) is 21.3 Å². The molecule has 1 fully saturated rings. The van der Waals surface area contributed by atoms with Gasteiger partial charge in [0, 0.05) is 31.5 Å². The number of ether oxygens (including phenoxy) is 1. The molecule has 38 heavy (non-hydrogen) atoms. The van der Waals surface area contributed by atoms with Gasteiger partial charge in [0.25, 0.3) is 11.8 Å². The van der Waals surface area contributed by atoms with Gasteiger partial charge in [0.05, 0.1) is 34.4 Å². The standard InChI is InChI=1S/C25H29Cl2N5O6/c1-38-16-8-9-20(28-11-16)31-15-5-2-4-14(10-15)23(34)30-13-21(33)29-12-19(25(36)37)32-24(35)22-17(26)6-3-7-18(22)27/h2-7,10,16,19-20,28,31H,8-9,11-13H2,1H3,(H,29,33)(H,30,34)(H,32,35)(H,36,37)/t16?,19-,20?/m0/s1. The van der Waals surface area contributed by atoms with E-state index in [2.05, 4.69) is 26.6 Å². The smallest absolute Gasteiger partial charge is 0.328 e. The quantitative estimate of drug-likeness (QED) is 0.241. The summed E-state index contributed by atoms with van der Waals surface area (Å²) < 4.78 is 5.34. The molecule has 1 saturated heterocycles. The number of nitrogens with one attached hydrogen (secondary N) is 5. The molecule has 3 rings (SSSR count). The molecule has 2 aromatic rings. The van der Waals surface area contributed by atoms with E-state index < -0.39 is 42.8 Å². The first-order chi connectivity index (χ1) is 18.2. The number of halogens is 2. The van der Waals surface area contributed by atoms with Crippen molar-refractivity contribution in [3.63, 3.8) is 0 Å². The number of carbonyl (C=O) groups excluding carboxylic acids is 3. The molecule has 204 valence electrons. The maximum Gasteiger partial charge on any atom is 0.328 e. The minimum atomic E-state index is -1.45. The molecule has 2 unspecified atom stereocenters. The van der Waals surface area contributed by atoms with Crippen LogP contribution in [0.25, 0.3) is 0 Å². The normalized spacial score (nSPS) is 17.7. The van der Waals surface area contributed by atoms with Gasteiger partial charge < -0.3 is 31.1 Å². The first-order valence-corrected chi connectivity index (χ1v) is 12.6.